The van der Waals surface area contributed by atoms with E-state index >= 15 is 0 Å². The topological polar surface area (TPSA) is 33.1 Å². The van der Waals surface area contributed by atoms with Gasteiger partial charge in [0.1, 0.15) is 5.69 Å². The Labute approximate surface area is 111 Å². The third-order valence-electron chi connectivity index (χ3n) is 2.55. The minimum absolute atomic E-state index is 0.588. The predicted octanol–water partition coefficient (Wildman–Crippen LogP) is 3.82. The molecule has 0 aliphatic carbocycles. The number of benzene rings is 1. The van der Waals surface area contributed by atoms with Gasteiger partial charge in [-0.25, -0.2) is 4.52 Å². The quantitative estimate of drug-likeness (QED) is 0.693. The van der Waals surface area contributed by atoms with Gasteiger partial charge in [0.05, 0.1) is 9.99 Å². The molecule has 84 valence electrons. The molecule has 2 heterocycles. The molecule has 0 unspecified atom stereocenters. The van der Waals surface area contributed by atoms with Gasteiger partial charge in [-0.05, 0) is 34.2 Å². The molecule has 0 saturated carbocycles. The molecule has 0 atom stereocenters. The van der Waals surface area contributed by atoms with E-state index in [2.05, 4.69) is 26.0 Å². The standard InChI is InChI=1S/C12H8BrN3S/c13-10-9-6-7-14-12(17)16(9)15-11(10)8-4-2-1-3-5-8/h1-7H,(H,14,17). The Balaban J connectivity index is 2.36. The van der Waals surface area contributed by atoms with Gasteiger partial charge in [0, 0.05) is 11.8 Å². The van der Waals surface area contributed by atoms with Gasteiger partial charge in [-0.3, -0.25) is 0 Å². The molecule has 1 N–H and O–H groups in total. The van der Waals surface area contributed by atoms with Crippen LogP contribution in [-0.2, 0) is 0 Å². The number of nitrogens with zero attached hydrogens (tertiary/aromatic N) is 2. The summed E-state index contributed by atoms with van der Waals surface area (Å²) >= 11 is 8.78. The van der Waals surface area contributed by atoms with Crippen LogP contribution in [0.3, 0.4) is 0 Å². The van der Waals surface area contributed by atoms with E-state index in [1.807, 2.05) is 42.6 Å². The van der Waals surface area contributed by atoms with Crippen molar-refractivity contribution in [3.05, 3.63) is 51.8 Å². The molecule has 5 heteroatoms. The van der Waals surface area contributed by atoms with Crippen molar-refractivity contribution in [2.45, 2.75) is 0 Å². The molecule has 0 aliphatic heterocycles. The van der Waals surface area contributed by atoms with Gasteiger partial charge in [-0.2, -0.15) is 5.10 Å². The smallest absolute Gasteiger partial charge is 0.198 e. The summed E-state index contributed by atoms with van der Waals surface area (Å²) in [5, 5.41) is 4.52. The first-order chi connectivity index (χ1) is 8.27. The number of hydrogen-bond acceptors (Lipinski definition) is 2. The van der Waals surface area contributed by atoms with Crippen molar-refractivity contribution >= 4 is 33.7 Å². The second-order valence-corrected chi connectivity index (χ2v) is 4.79. The van der Waals surface area contributed by atoms with Crippen LogP contribution in [0.25, 0.3) is 16.8 Å². The van der Waals surface area contributed by atoms with E-state index in [4.69, 9.17) is 12.2 Å². The van der Waals surface area contributed by atoms with Gasteiger partial charge >= 0.3 is 0 Å². The molecule has 17 heavy (non-hydrogen) atoms. The highest BCUT2D eigenvalue weighted by atomic mass is 79.9. The van der Waals surface area contributed by atoms with Crippen LogP contribution >= 0.6 is 28.1 Å². The third kappa shape index (κ3) is 1.71. The SMILES string of the molecule is S=c1[nH]ccc2c(Br)c(-c3ccccc3)nn12. The molecule has 3 rings (SSSR count). The third-order valence-corrected chi connectivity index (χ3v) is 3.62. The summed E-state index contributed by atoms with van der Waals surface area (Å²) in [5.41, 5.74) is 2.93. The van der Waals surface area contributed by atoms with Crippen molar-refractivity contribution in [1.82, 2.24) is 14.6 Å². The number of halogens is 1. The van der Waals surface area contributed by atoms with E-state index in [1.165, 1.54) is 0 Å². The lowest BCUT2D eigenvalue weighted by Gasteiger charge is -1.95. The number of aromatic nitrogens is 3. The van der Waals surface area contributed by atoms with E-state index in [9.17, 15) is 0 Å². The minimum Gasteiger partial charge on any atom is -0.337 e. The van der Waals surface area contributed by atoms with Crippen LogP contribution in [0.5, 0.6) is 0 Å². The summed E-state index contributed by atoms with van der Waals surface area (Å²) in [6.07, 6.45) is 1.82. The predicted molar refractivity (Wildman–Crippen MR) is 73.5 cm³/mol. The van der Waals surface area contributed by atoms with E-state index in [1.54, 1.807) is 4.52 Å². The number of hydrogen-bond donors (Lipinski definition) is 1. The Morgan fingerprint density at radius 3 is 2.65 bits per heavy atom. The summed E-state index contributed by atoms with van der Waals surface area (Å²) in [6.45, 7) is 0. The fourth-order valence-electron chi connectivity index (χ4n) is 1.74. The van der Waals surface area contributed by atoms with Crippen molar-refractivity contribution in [2.24, 2.45) is 0 Å². The van der Waals surface area contributed by atoms with E-state index in [-0.39, 0.29) is 0 Å². The van der Waals surface area contributed by atoms with Crippen molar-refractivity contribution in [1.29, 1.82) is 0 Å². The first kappa shape index (κ1) is 10.7. The van der Waals surface area contributed by atoms with Crippen LogP contribution in [-0.4, -0.2) is 14.6 Å². The molecule has 0 amide bonds. The zero-order valence-corrected chi connectivity index (χ0v) is 11.1. The Kier molecular flexibility index (Phi) is 2.57. The average Bonchev–Trinajstić information content (AvgIpc) is 2.70. The number of H-pyrrole nitrogens is 1. The molecule has 1 aromatic carbocycles. The summed E-state index contributed by atoms with van der Waals surface area (Å²) in [7, 11) is 0. The van der Waals surface area contributed by atoms with Crippen LogP contribution < -0.4 is 0 Å². The van der Waals surface area contributed by atoms with Crippen LogP contribution in [0.1, 0.15) is 0 Å². The molecule has 0 radical (unpaired) electrons. The Morgan fingerprint density at radius 1 is 1.18 bits per heavy atom. The summed E-state index contributed by atoms with van der Waals surface area (Å²) < 4.78 is 3.27. The molecule has 0 spiro atoms. The lowest BCUT2D eigenvalue weighted by molar-refractivity contribution is 0.905. The lowest BCUT2D eigenvalue weighted by atomic mass is 10.1. The molecule has 3 aromatic rings. The summed E-state index contributed by atoms with van der Waals surface area (Å²) in [5.74, 6) is 0. The summed E-state index contributed by atoms with van der Waals surface area (Å²) in [6, 6.07) is 12.0. The van der Waals surface area contributed by atoms with Gasteiger partial charge in [0.15, 0.2) is 4.77 Å². The van der Waals surface area contributed by atoms with Crippen molar-refractivity contribution in [3.63, 3.8) is 0 Å². The lowest BCUT2D eigenvalue weighted by Crippen LogP contribution is -1.90. The second kappa shape index (κ2) is 4.09. The largest absolute Gasteiger partial charge is 0.337 e. The first-order valence-corrected chi connectivity index (χ1v) is 6.29. The minimum atomic E-state index is 0.588. The highest BCUT2D eigenvalue weighted by molar-refractivity contribution is 9.10. The highest BCUT2D eigenvalue weighted by Crippen LogP contribution is 2.30. The second-order valence-electron chi connectivity index (χ2n) is 3.61. The van der Waals surface area contributed by atoms with Crippen LogP contribution in [0.4, 0.5) is 0 Å². The van der Waals surface area contributed by atoms with Gasteiger partial charge in [0.2, 0.25) is 0 Å². The molecule has 0 bridgehead atoms. The molecule has 0 fully saturated rings. The van der Waals surface area contributed by atoms with Crippen LogP contribution in [0.2, 0.25) is 0 Å². The number of fused-ring (bicyclic) bond motifs is 1. The van der Waals surface area contributed by atoms with E-state index in [0.29, 0.717) is 4.77 Å². The Bertz CT molecular complexity index is 730. The first-order valence-electron chi connectivity index (χ1n) is 5.09. The van der Waals surface area contributed by atoms with Crippen molar-refractivity contribution in [3.8, 4) is 11.3 Å². The van der Waals surface area contributed by atoms with Crippen LogP contribution in [0, 0.1) is 4.77 Å². The van der Waals surface area contributed by atoms with Crippen molar-refractivity contribution in [2.75, 3.05) is 0 Å². The molecule has 0 saturated heterocycles. The molecule has 2 aromatic heterocycles. The molecular formula is C12H8BrN3S. The zero-order chi connectivity index (χ0) is 11.8. The Morgan fingerprint density at radius 2 is 1.94 bits per heavy atom. The van der Waals surface area contributed by atoms with Gasteiger partial charge in [-0.15, -0.1) is 0 Å². The number of rotatable bonds is 1. The maximum atomic E-state index is 5.20. The average molecular weight is 306 g/mol. The van der Waals surface area contributed by atoms with Gasteiger partial charge in [0.25, 0.3) is 0 Å². The Hall–Kier alpha value is -1.46. The van der Waals surface area contributed by atoms with E-state index in [0.717, 1.165) is 21.2 Å². The normalized spacial score (nSPS) is 10.9. The zero-order valence-electron chi connectivity index (χ0n) is 8.72. The van der Waals surface area contributed by atoms with Gasteiger partial charge < -0.3 is 4.98 Å². The summed E-state index contributed by atoms with van der Waals surface area (Å²) in [4.78, 5) is 2.96. The molecule has 0 aliphatic rings. The molecule has 3 nitrogen and oxygen atoms in total. The maximum absolute atomic E-state index is 5.20. The number of aromatic amines is 1. The van der Waals surface area contributed by atoms with Crippen LogP contribution in [0.15, 0.2) is 47.1 Å². The monoisotopic (exact) mass is 305 g/mol. The highest BCUT2D eigenvalue weighted by Gasteiger charge is 2.11. The fraction of sp³-hybridized carbons (Fsp3) is 0. The van der Waals surface area contributed by atoms with E-state index < -0.39 is 0 Å². The fourth-order valence-corrected chi connectivity index (χ4v) is 2.56. The number of nitrogens with one attached hydrogen (secondary N) is 1. The molecular weight excluding hydrogens is 298 g/mol. The van der Waals surface area contributed by atoms with Crippen molar-refractivity contribution < 1.29 is 0 Å². The maximum Gasteiger partial charge on any atom is 0.198 e. The van der Waals surface area contributed by atoms with Gasteiger partial charge in [-0.1, -0.05) is 30.3 Å².